The monoisotopic (exact) mass is 131 g/mol. The molecule has 0 fully saturated rings. The number of nitrogen functional groups attached to an aromatic ring is 1. The molecule has 0 aliphatic rings. The van der Waals surface area contributed by atoms with Gasteiger partial charge in [-0.05, 0) is 24.5 Å². The third-order valence-electron chi connectivity index (χ3n) is 0.793. The van der Waals surface area contributed by atoms with Gasteiger partial charge in [-0.15, -0.1) is 0 Å². The second-order valence-corrected chi connectivity index (χ2v) is 1.48. The van der Waals surface area contributed by atoms with E-state index in [0.717, 1.165) is 0 Å². The Balaban J connectivity index is 3.68. The number of nitrogens with two attached hydrogens (primary N) is 1. The van der Waals surface area contributed by atoms with E-state index in [1.54, 1.807) is 0 Å². The van der Waals surface area contributed by atoms with Gasteiger partial charge in [0.05, 0.1) is 9.80 Å². The molecule has 0 saturated carbocycles. The van der Waals surface area contributed by atoms with E-state index < -0.39 is 42.0 Å². The predicted octanol–water partition coefficient (Wildman–Crippen LogP) is 1.72. The summed E-state index contributed by atoms with van der Waals surface area (Å²) in [6.45, 7) is -2.79. The molecular weight excluding hydrogens is 117 g/mol. The van der Waals surface area contributed by atoms with Crippen molar-refractivity contribution < 1.29 is 12.6 Å². The van der Waals surface area contributed by atoms with Crippen LogP contribution in [0.3, 0.4) is 0 Å². The minimum Gasteiger partial charge on any atom is -0.396 e. The van der Waals surface area contributed by atoms with Crippen molar-refractivity contribution in [2.75, 3.05) is 5.73 Å². The average molecular weight is 131 g/mol. The summed E-state index contributed by atoms with van der Waals surface area (Å²) >= 11 is 0. The van der Waals surface area contributed by atoms with E-state index in [1.807, 2.05) is 0 Å². The molecule has 0 heterocycles. The molecule has 0 aliphatic heterocycles. The van der Waals surface area contributed by atoms with Crippen molar-refractivity contribution >= 4 is 5.69 Å². The molecule has 1 aromatic carbocycles. The number of halogens is 1. The van der Waals surface area contributed by atoms with Gasteiger partial charge >= 0.3 is 0 Å². The van der Waals surface area contributed by atoms with Crippen molar-refractivity contribution in [3.05, 3.63) is 29.5 Å². The summed E-state index contributed by atoms with van der Waals surface area (Å²) in [4.78, 5) is 0. The van der Waals surface area contributed by atoms with Crippen LogP contribution in [0.25, 0.3) is 0 Å². The zero-order chi connectivity index (χ0) is 12.0. The lowest BCUT2D eigenvalue weighted by atomic mass is 10.2. The molecule has 0 bridgehead atoms. The van der Waals surface area contributed by atoms with Crippen molar-refractivity contribution in [1.29, 1.82) is 0 Å². The molecule has 48 valence electrons. The molecule has 2 heteroatoms. The second-order valence-electron chi connectivity index (χ2n) is 1.48. The van der Waals surface area contributed by atoms with Gasteiger partial charge in [-0.1, -0.05) is 6.04 Å². The maximum absolute atomic E-state index is 13.2. The van der Waals surface area contributed by atoms with Crippen LogP contribution in [0.5, 0.6) is 0 Å². The first-order valence-corrected chi connectivity index (χ1v) is 2.23. The van der Waals surface area contributed by atoms with Crippen LogP contribution in [0.1, 0.15) is 13.8 Å². The molecule has 0 spiro atoms. The Bertz CT molecular complexity index is 384. The fourth-order valence-corrected chi connectivity index (χ4v) is 0.393. The quantitative estimate of drug-likeness (QED) is 0.533. The van der Waals surface area contributed by atoms with E-state index >= 15 is 0 Å². The summed E-state index contributed by atoms with van der Waals surface area (Å²) in [5.74, 6) is -1.26. The van der Waals surface area contributed by atoms with E-state index in [-0.39, 0.29) is 0 Å². The van der Waals surface area contributed by atoms with E-state index in [0.29, 0.717) is 0 Å². The standard InChI is InChI=1S/C7H8FN/c1-5-2-3-7(9)6(8)4-5/h2-4H,9H2,1H3/i1D3,2D,3D,4D. The Hall–Kier alpha value is -1.05. The Morgan fingerprint density at radius 3 is 3.22 bits per heavy atom. The predicted molar refractivity (Wildman–Crippen MR) is 35.5 cm³/mol. The molecule has 0 aliphatic carbocycles. The van der Waals surface area contributed by atoms with Crippen molar-refractivity contribution in [2.24, 2.45) is 0 Å². The lowest BCUT2D eigenvalue weighted by molar-refractivity contribution is 0.631. The molecule has 1 nitrogen and oxygen atoms in total. The first-order chi connectivity index (χ1) is 6.68. The van der Waals surface area contributed by atoms with Crippen molar-refractivity contribution in [1.82, 2.24) is 0 Å². The van der Waals surface area contributed by atoms with Gasteiger partial charge in [-0.3, -0.25) is 0 Å². The number of benzene rings is 1. The molecular formula is C7H8FN. The fourth-order valence-electron chi connectivity index (χ4n) is 0.393. The normalized spacial score (nSPS) is 20.6. The highest BCUT2D eigenvalue weighted by Crippen LogP contribution is 2.09. The molecule has 2 N–H and O–H groups in total. The topological polar surface area (TPSA) is 26.0 Å². The molecule has 0 atom stereocenters. The highest BCUT2D eigenvalue weighted by atomic mass is 19.1. The largest absolute Gasteiger partial charge is 0.396 e. The summed E-state index contributed by atoms with van der Waals surface area (Å²) in [7, 11) is 0. The lowest BCUT2D eigenvalue weighted by Crippen LogP contribution is -1.89. The summed E-state index contributed by atoms with van der Waals surface area (Å²) < 4.78 is 56.0. The van der Waals surface area contributed by atoms with Gasteiger partial charge in [0.1, 0.15) is 5.82 Å². The molecule has 1 aromatic rings. The van der Waals surface area contributed by atoms with Crippen LogP contribution in [0.4, 0.5) is 10.1 Å². The molecule has 1 rings (SSSR count). The number of hydrogen-bond acceptors (Lipinski definition) is 1. The lowest BCUT2D eigenvalue weighted by Gasteiger charge is -1.94. The summed E-state index contributed by atoms with van der Waals surface area (Å²) in [5.41, 5.74) is 3.66. The first kappa shape index (κ1) is 1.97. The second kappa shape index (κ2) is 2.05. The zero-order valence-electron chi connectivity index (χ0n) is 10.5. The highest BCUT2D eigenvalue weighted by molar-refractivity contribution is 5.40. The molecule has 0 amide bonds. The van der Waals surface area contributed by atoms with Crippen molar-refractivity contribution in [2.45, 2.75) is 6.85 Å². The third kappa shape index (κ3) is 1.19. The maximum atomic E-state index is 13.2. The molecule has 9 heavy (non-hydrogen) atoms. The van der Waals surface area contributed by atoms with Crippen LogP contribution < -0.4 is 5.73 Å². The summed E-state index contributed by atoms with van der Waals surface area (Å²) in [6.07, 6.45) is 0. The molecule has 0 radical (unpaired) electrons. The van der Waals surface area contributed by atoms with Gasteiger partial charge < -0.3 is 5.73 Å². The van der Waals surface area contributed by atoms with Crippen molar-refractivity contribution in [3.63, 3.8) is 0 Å². The van der Waals surface area contributed by atoms with Gasteiger partial charge in [0.15, 0.2) is 0 Å². The molecule has 0 aromatic heterocycles. The number of hydrogen-bond donors (Lipinski definition) is 1. The van der Waals surface area contributed by atoms with E-state index in [9.17, 15) is 4.39 Å². The first-order valence-electron chi connectivity index (χ1n) is 5.23. The number of anilines is 1. The van der Waals surface area contributed by atoms with Crippen LogP contribution in [-0.4, -0.2) is 0 Å². The van der Waals surface area contributed by atoms with Crippen molar-refractivity contribution in [3.8, 4) is 0 Å². The van der Waals surface area contributed by atoms with Crippen LogP contribution in [0.15, 0.2) is 18.1 Å². The Morgan fingerprint density at radius 2 is 2.56 bits per heavy atom. The fraction of sp³-hybridized carbons (Fsp3) is 0.143. The Kier molecular flexibility index (Phi) is 0.450. The van der Waals surface area contributed by atoms with Gasteiger partial charge in [-0.2, -0.15) is 0 Å². The SMILES string of the molecule is [2H]c1c([2H])c(C([2H])([2H])[2H])c([2H])c(F)c1N. The Labute approximate surface area is 61.7 Å². The minimum absolute atomic E-state index is 0.669. The summed E-state index contributed by atoms with van der Waals surface area (Å²) in [5, 5.41) is 0. The maximum Gasteiger partial charge on any atom is 0.146 e. The van der Waals surface area contributed by atoms with E-state index in [2.05, 4.69) is 0 Å². The smallest absolute Gasteiger partial charge is 0.146 e. The molecule has 0 saturated heterocycles. The van der Waals surface area contributed by atoms with Gasteiger partial charge in [0.25, 0.3) is 0 Å². The highest BCUT2D eigenvalue weighted by Gasteiger charge is 1.94. The number of rotatable bonds is 0. The van der Waals surface area contributed by atoms with Crippen LogP contribution in [-0.2, 0) is 0 Å². The minimum atomic E-state index is -2.79. The van der Waals surface area contributed by atoms with Gasteiger partial charge in [-0.25, -0.2) is 4.39 Å². The summed E-state index contributed by atoms with van der Waals surface area (Å²) in [6, 6.07) is -2.36. The van der Waals surface area contributed by atoms with Gasteiger partial charge in [0, 0.05) is 4.11 Å². The molecule has 0 unspecified atom stereocenters. The van der Waals surface area contributed by atoms with Crippen LogP contribution >= 0.6 is 0 Å². The Morgan fingerprint density at radius 1 is 1.78 bits per heavy atom. The van der Waals surface area contributed by atoms with E-state index in [1.165, 1.54) is 0 Å². The third-order valence-corrected chi connectivity index (χ3v) is 0.793. The van der Waals surface area contributed by atoms with Gasteiger partial charge in [0.2, 0.25) is 0 Å². The zero-order valence-corrected chi connectivity index (χ0v) is 4.46. The van der Waals surface area contributed by atoms with Crippen LogP contribution in [0, 0.1) is 12.7 Å². The average Bonchev–Trinajstić information content (AvgIpc) is 2.09. The van der Waals surface area contributed by atoms with Crippen LogP contribution in [0.2, 0.25) is 0 Å². The van der Waals surface area contributed by atoms with E-state index in [4.69, 9.17) is 14.0 Å².